The van der Waals surface area contributed by atoms with Crippen molar-refractivity contribution in [1.29, 1.82) is 0 Å². The van der Waals surface area contributed by atoms with Gasteiger partial charge in [-0.2, -0.15) is 0 Å². The summed E-state index contributed by atoms with van der Waals surface area (Å²) < 4.78 is 10.7. The van der Waals surface area contributed by atoms with Gasteiger partial charge in [0.1, 0.15) is 0 Å². The molecule has 2 heterocycles. The van der Waals surface area contributed by atoms with E-state index in [0.717, 1.165) is 66.2 Å². The van der Waals surface area contributed by atoms with Crippen molar-refractivity contribution in [1.82, 2.24) is 0 Å². The SMILES string of the molecule is O=C(CCc1ccc2c(c1)OCO2)Nc1ccc2c(c1)CCCN2C(=O)C1CC1. The van der Waals surface area contributed by atoms with E-state index in [2.05, 4.69) is 5.32 Å². The van der Waals surface area contributed by atoms with Crippen LogP contribution < -0.4 is 19.7 Å². The highest BCUT2D eigenvalue weighted by molar-refractivity contribution is 5.98. The number of benzene rings is 2. The smallest absolute Gasteiger partial charge is 0.231 e. The highest BCUT2D eigenvalue weighted by Gasteiger charge is 2.35. The summed E-state index contributed by atoms with van der Waals surface area (Å²) in [7, 11) is 0. The second-order valence-electron chi connectivity index (χ2n) is 7.95. The van der Waals surface area contributed by atoms with E-state index in [-0.39, 0.29) is 24.5 Å². The van der Waals surface area contributed by atoms with Crippen LogP contribution in [0.3, 0.4) is 0 Å². The number of carbonyl (C=O) groups is 2. The number of carbonyl (C=O) groups excluding carboxylic acids is 2. The van der Waals surface area contributed by atoms with Gasteiger partial charge in [-0.1, -0.05) is 6.07 Å². The van der Waals surface area contributed by atoms with E-state index >= 15 is 0 Å². The van der Waals surface area contributed by atoms with Gasteiger partial charge in [-0.25, -0.2) is 0 Å². The van der Waals surface area contributed by atoms with Crippen LogP contribution in [0, 0.1) is 5.92 Å². The first-order chi connectivity index (χ1) is 14.2. The summed E-state index contributed by atoms with van der Waals surface area (Å²) in [6.07, 6.45) is 4.96. The number of nitrogens with zero attached hydrogens (tertiary/aromatic N) is 1. The topological polar surface area (TPSA) is 67.9 Å². The Morgan fingerprint density at radius 1 is 1.07 bits per heavy atom. The van der Waals surface area contributed by atoms with Gasteiger partial charge in [0.25, 0.3) is 0 Å². The minimum atomic E-state index is -0.0238. The monoisotopic (exact) mass is 392 g/mol. The quantitative estimate of drug-likeness (QED) is 0.843. The molecule has 3 aliphatic rings. The Labute approximate surface area is 169 Å². The van der Waals surface area contributed by atoms with E-state index in [9.17, 15) is 9.59 Å². The third-order valence-electron chi connectivity index (χ3n) is 5.75. The summed E-state index contributed by atoms with van der Waals surface area (Å²) in [4.78, 5) is 26.9. The summed E-state index contributed by atoms with van der Waals surface area (Å²) in [6, 6.07) is 11.7. The molecule has 6 heteroatoms. The molecule has 150 valence electrons. The van der Waals surface area contributed by atoms with Gasteiger partial charge in [-0.3, -0.25) is 9.59 Å². The van der Waals surface area contributed by atoms with Crippen LogP contribution in [0.1, 0.15) is 36.8 Å². The molecule has 0 atom stereocenters. The van der Waals surface area contributed by atoms with Gasteiger partial charge in [-0.15, -0.1) is 0 Å². The molecule has 2 aromatic rings. The molecule has 29 heavy (non-hydrogen) atoms. The van der Waals surface area contributed by atoms with Crippen molar-refractivity contribution in [3.05, 3.63) is 47.5 Å². The number of nitrogens with one attached hydrogen (secondary N) is 1. The maximum Gasteiger partial charge on any atom is 0.231 e. The molecule has 0 saturated heterocycles. The van der Waals surface area contributed by atoms with Crippen LogP contribution >= 0.6 is 0 Å². The van der Waals surface area contributed by atoms with Gasteiger partial charge in [0, 0.05) is 30.3 Å². The number of amides is 2. The number of aryl methyl sites for hydroxylation is 2. The predicted octanol–water partition coefficient (Wildman–Crippen LogP) is 3.68. The lowest BCUT2D eigenvalue weighted by Crippen LogP contribution is -2.36. The molecule has 2 aliphatic heterocycles. The van der Waals surface area contributed by atoms with E-state index in [4.69, 9.17) is 9.47 Å². The van der Waals surface area contributed by atoms with Crippen LogP contribution in [0.2, 0.25) is 0 Å². The van der Waals surface area contributed by atoms with Crippen molar-refractivity contribution >= 4 is 23.2 Å². The molecule has 6 nitrogen and oxygen atoms in total. The van der Waals surface area contributed by atoms with Gasteiger partial charge in [0.05, 0.1) is 0 Å². The maximum atomic E-state index is 12.5. The fraction of sp³-hybridized carbons (Fsp3) is 0.391. The Balaban J connectivity index is 1.21. The molecule has 2 aromatic carbocycles. The van der Waals surface area contributed by atoms with Crippen LogP contribution in [-0.4, -0.2) is 25.2 Å². The van der Waals surface area contributed by atoms with E-state index in [0.29, 0.717) is 12.8 Å². The van der Waals surface area contributed by atoms with Crippen molar-refractivity contribution in [3.8, 4) is 11.5 Å². The average Bonchev–Trinajstić information content (AvgIpc) is 3.48. The first-order valence-electron chi connectivity index (χ1n) is 10.3. The zero-order valence-corrected chi connectivity index (χ0v) is 16.3. The summed E-state index contributed by atoms with van der Waals surface area (Å²) in [6.45, 7) is 1.05. The zero-order chi connectivity index (χ0) is 19.8. The molecular formula is C23H24N2O4. The predicted molar refractivity (Wildman–Crippen MR) is 109 cm³/mol. The Morgan fingerprint density at radius 2 is 1.93 bits per heavy atom. The second-order valence-corrected chi connectivity index (χ2v) is 7.95. The van der Waals surface area contributed by atoms with Crippen molar-refractivity contribution < 1.29 is 19.1 Å². The molecule has 0 spiro atoms. The maximum absolute atomic E-state index is 12.5. The lowest BCUT2D eigenvalue weighted by Gasteiger charge is -2.30. The molecule has 0 bridgehead atoms. The lowest BCUT2D eigenvalue weighted by atomic mass is 10.00. The van der Waals surface area contributed by atoms with Crippen LogP contribution in [-0.2, 0) is 22.4 Å². The van der Waals surface area contributed by atoms with Crippen molar-refractivity contribution in [2.75, 3.05) is 23.6 Å². The number of fused-ring (bicyclic) bond motifs is 2. The molecule has 2 amide bonds. The molecule has 1 aliphatic carbocycles. The molecule has 0 radical (unpaired) electrons. The highest BCUT2D eigenvalue weighted by Crippen LogP contribution is 2.37. The van der Waals surface area contributed by atoms with Gasteiger partial charge < -0.3 is 19.7 Å². The third kappa shape index (κ3) is 3.79. The highest BCUT2D eigenvalue weighted by atomic mass is 16.7. The van der Waals surface area contributed by atoms with E-state index in [1.165, 1.54) is 0 Å². The minimum Gasteiger partial charge on any atom is -0.454 e. The Bertz CT molecular complexity index is 967. The Kier molecular flexibility index (Phi) is 4.62. The lowest BCUT2D eigenvalue weighted by molar-refractivity contribution is -0.120. The van der Waals surface area contributed by atoms with Crippen LogP contribution in [0.25, 0.3) is 0 Å². The van der Waals surface area contributed by atoms with Crippen molar-refractivity contribution in [3.63, 3.8) is 0 Å². The summed E-state index contributed by atoms with van der Waals surface area (Å²) in [5, 5.41) is 3.00. The summed E-state index contributed by atoms with van der Waals surface area (Å²) in [5.74, 6) is 1.94. The largest absolute Gasteiger partial charge is 0.454 e. The fourth-order valence-corrected chi connectivity index (χ4v) is 4.03. The molecule has 1 saturated carbocycles. The molecule has 0 unspecified atom stereocenters. The standard InChI is InChI=1S/C23H24N2O4/c26-22(10-4-15-3-9-20-21(12-15)29-14-28-20)24-18-7-8-19-17(13-18)2-1-11-25(19)23(27)16-5-6-16/h3,7-9,12-13,16H,1-2,4-6,10-11,14H2,(H,24,26). The third-order valence-corrected chi connectivity index (χ3v) is 5.75. The normalized spacial score (nSPS) is 17.0. The number of rotatable bonds is 5. The number of anilines is 2. The Hall–Kier alpha value is -3.02. The minimum absolute atomic E-state index is 0.0238. The van der Waals surface area contributed by atoms with Crippen LogP contribution in [0.5, 0.6) is 11.5 Å². The van der Waals surface area contributed by atoms with Gasteiger partial charge >= 0.3 is 0 Å². The Morgan fingerprint density at radius 3 is 2.79 bits per heavy atom. The van der Waals surface area contributed by atoms with Crippen LogP contribution in [0.4, 0.5) is 11.4 Å². The number of hydrogen-bond donors (Lipinski definition) is 1. The van der Waals surface area contributed by atoms with E-state index < -0.39 is 0 Å². The number of ether oxygens (including phenoxy) is 2. The molecule has 0 aromatic heterocycles. The first kappa shape index (κ1) is 18.0. The zero-order valence-electron chi connectivity index (χ0n) is 16.3. The first-order valence-corrected chi connectivity index (χ1v) is 10.3. The number of hydrogen-bond acceptors (Lipinski definition) is 4. The van der Waals surface area contributed by atoms with E-state index in [1.807, 2.05) is 41.3 Å². The summed E-state index contributed by atoms with van der Waals surface area (Å²) in [5.41, 5.74) is 3.98. The summed E-state index contributed by atoms with van der Waals surface area (Å²) >= 11 is 0. The molecule has 5 rings (SSSR count). The fourth-order valence-electron chi connectivity index (χ4n) is 4.03. The van der Waals surface area contributed by atoms with Gasteiger partial charge in [0.2, 0.25) is 18.6 Å². The second kappa shape index (κ2) is 7.43. The average molecular weight is 392 g/mol. The molecule has 1 fully saturated rings. The molecule has 1 N–H and O–H groups in total. The van der Waals surface area contributed by atoms with Crippen molar-refractivity contribution in [2.24, 2.45) is 5.92 Å². The molecular weight excluding hydrogens is 368 g/mol. The van der Waals surface area contributed by atoms with Crippen molar-refractivity contribution in [2.45, 2.75) is 38.5 Å². The van der Waals surface area contributed by atoms with Crippen LogP contribution in [0.15, 0.2) is 36.4 Å². The van der Waals surface area contributed by atoms with Gasteiger partial charge in [0.15, 0.2) is 11.5 Å². The van der Waals surface area contributed by atoms with Gasteiger partial charge in [-0.05, 0) is 73.6 Å². The van der Waals surface area contributed by atoms with E-state index in [1.54, 1.807) is 0 Å².